The summed E-state index contributed by atoms with van der Waals surface area (Å²) >= 11 is 3.91. The largest absolute Gasteiger partial charge is 0.0884 e. The van der Waals surface area contributed by atoms with Crippen LogP contribution >= 0.6 is 15.9 Å². The van der Waals surface area contributed by atoms with Crippen molar-refractivity contribution in [1.29, 1.82) is 0 Å². The van der Waals surface area contributed by atoms with E-state index in [1.54, 1.807) is 0 Å². The minimum Gasteiger partial charge on any atom is -0.0884 e. The van der Waals surface area contributed by atoms with Crippen LogP contribution in [0.4, 0.5) is 0 Å². The zero-order valence-electron chi connectivity index (χ0n) is 9.83. The summed E-state index contributed by atoms with van der Waals surface area (Å²) in [6, 6.07) is 8.94. The van der Waals surface area contributed by atoms with Gasteiger partial charge in [-0.2, -0.15) is 0 Å². The van der Waals surface area contributed by atoms with Crippen molar-refractivity contribution in [2.75, 3.05) is 0 Å². The number of aryl methyl sites for hydroxylation is 1. The molecule has 2 saturated carbocycles. The first-order valence-corrected chi connectivity index (χ1v) is 7.33. The molecule has 0 nitrogen and oxygen atoms in total. The van der Waals surface area contributed by atoms with Crippen LogP contribution in [0.3, 0.4) is 0 Å². The van der Waals surface area contributed by atoms with Gasteiger partial charge in [0.15, 0.2) is 0 Å². The van der Waals surface area contributed by atoms with E-state index in [2.05, 4.69) is 47.1 Å². The van der Waals surface area contributed by atoms with E-state index in [9.17, 15) is 0 Å². The zero-order valence-corrected chi connectivity index (χ0v) is 11.4. The number of hydrogen-bond donors (Lipinski definition) is 0. The maximum Gasteiger partial charge on any atom is 0.0214 e. The topological polar surface area (TPSA) is 0 Å². The summed E-state index contributed by atoms with van der Waals surface area (Å²) in [5.41, 5.74) is 2.87. The molecule has 0 amide bonds. The van der Waals surface area contributed by atoms with Crippen LogP contribution in [0.25, 0.3) is 0 Å². The Labute approximate surface area is 107 Å². The van der Waals surface area contributed by atoms with Gasteiger partial charge in [0, 0.05) is 4.83 Å². The number of alkyl halides is 1. The molecule has 2 fully saturated rings. The molecule has 16 heavy (non-hydrogen) atoms. The molecule has 1 aromatic carbocycles. The van der Waals surface area contributed by atoms with Crippen LogP contribution in [0.1, 0.15) is 30.4 Å². The van der Waals surface area contributed by atoms with Crippen molar-refractivity contribution >= 4 is 15.9 Å². The third kappa shape index (κ3) is 2.20. The lowest BCUT2D eigenvalue weighted by atomic mass is 9.94. The normalized spacial score (nSPS) is 33.5. The van der Waals surface area contributed by atoms with Gasteiger partial charge in [-0.05, 0) is 55.9 Å². The third-order valence-corrected chi connectivity index (χ3v) is 5.38. The summed E-state index contributed by atoms with van der Waals surface area (Å²) in [6.45, 7) is 2.18. The van der Waals surface area contributed by atoms with Crippen LogP contribution in [0.15, 0.2) is 24.3 Å². The number of fused-ring (bicyclic) bond motifs is 1. The fraction of sp³-hybridized carbons (Fsp3) is 0.600. The van der Waals surface area contributed by atoms with Gasteiger partial charge in [-0.3, -0.25) is 0 Å². The molecule has 86 valence electrons. The van der Waals surface area contributed by atoms with Gasteiger partial charge >= 0.3 is 0 Å². The van der Waals surface area contributed by atoms with Crippen LogP contribution in [-0.2, 0) is 6.42 Å². The van der Waals surface area contributed by atoms with Gasteiger partial charge in [-0.1, -0.05) is 45.8 Å². The Bertz CT molecular complexity index is 375. The quantitative estimate of drug-likeness (QED) is 0.722. The van der Waals surface area contributed by atoms with Crippen LogP contribution in [0.2, 0.25) is 0 Å². The average molecular weight is 279 g/mol. The highest BCUT2D eigenvalue weighted by Crippen LogP contribution is 2.56. The molecule has 3 unspecified atom stereocenters. The predicted octanol–water partition coefficient (Wildman–Crippen LogP) is 4.35. The molecule has 1 aromatic rings. The van der Waals surface area contributed by atoms with Gasteiger partial charge < -0.3 is 0 Å². The molecule has 0 spiro atoms. The Morgan fingerprint density at radius 2 is 2.00 bits per heavy atom. The van der Waals surface area contributed by atoms with Crippen molar-refractivity contribution in [2.24, 2.45) is 17.8 Å². The van der Waals surface area contributed by atoms with E-state index >= 15 is 0 Å². The fourth-order valence-corrected chi connectivity index (χ4v) is 4.09. The van der Waals surface area contributed by atoms with Crippen molar-refractivity contribution in [3.8, 4) is 0 Å². The molecule has 0 bridgehead atoms. The summed E-state index contributed by atoms with van der Waals surface area (Å²) < 4.78 is 0. The Hall–Kier alpha value is -0.300. The van der Waals surface area contributed by atoms with E-state index in [0.717, 1.165) is 17.8 Å². The molecule has 0 aliphatic heterocycles. The average Bonchev–Trinajstić information content (AvgIpc) is 2.86. The minimum absolute atomic E-state index is 0.696. The monoisotopic (exact) mass is 278 g/mol. The molecule has 2 aliphatic rings. The lowest BCUT2D eigenvalue weighted by Gasteiger charge is -2.19. The van der Waals surface area contributed by atoms with Crippen molar-refractivity contribution in [3.63, 3.8) is 0 Å². The lowest BCUT2D eigenvalue weighted by molar-refractivity contribution is 0.471. The number of hydrogen-bond acceptors (Lipinski definition) is 0. The standard InChI is InChI=1S/C15H19Br/c1-10-3-2-4-11(5-10)6-15(16)14-8-12-7-13(12)9-14/h2-5,12-15H,6-9H2,1H3. The van der Waals surface area contributed by atoms with Crippen molar-refractivity contribution < 1.29 is 0 Å². The highest BCUT2D eigenvalue weighted by atomic mass is 79.9. The molecular formula is C15H19Br. The lowest BCUT2D eigenvalue weighted by Crippen LogP contribution is -2.15. The van der Waals surface area contributed by atoms with Crippen molar-refractivity contribution in [3.05, 3.63) is 35.4 Å². The van der Waals surface area contributed by atoms with Gasteiger partial charge in [-0.15, -0.1) is 0 Å². The molecule has 3 atom stereocenters. The summed E-state index contributed by atoms with van der Waals surface area (Å²) in [4.78, 5) is 0.696. The smallest absolute Gasteiger partial charge is 0.0214 e. The molecule has 0 N–H and O–H groups in total. The molecule has 0 radical (unpaired) electrons. The highest BCUT2D eigenvalue weighted by Gasteiger charge is 2.47. The van der Waals surface area contributed by atoms with Crippen LogP contribution in [0.5, 0.6) is 0 Å². The van der Waals surface area contributed by atoms with Gasteiger partial charge in [0.2, 0.25) is 0 Å². The van der Waals surface area contributed by atoms with Gasteiger partial charge in [0.1, 0.15) is 0 Å². The van der Waals surface area contributed by atoms with Crippen molar-refractivity contribution in [2.45, 2.75) is 37.4 Å². The SMILES string of the molecule is Cc1cccc(CC(Br)C2CC3CC3C2)c1. The Balaban J connectivity index is 1.61. The van der Waals surface area contributed by atoms with Gasteiger partial charge in [0.05, 0.1) is 0 Å². The maximum absolute atomic E-state index is 3.91. The molecule has 0 heterocycles. The second-order valence-corrected chi connectivity index (χ2v) is 6.87. The maximum atomic E-state index is 3.91. The van der Waals surface area contributed by atoms with Crippen molar-refractivity contribution in [1.82, 2.24) is 0 Å². The minimum atomic E-state index is 0.696. The van der Waals surface area contributed by atoms with Crippen LogP contribution < -0.4 is 0 Å². The molecule has 1 heteroatoms. The van der Waals surface area contributed by atoms with E-state index in [1.165, 1.54) is 36.8 Å². The van der Waals surface area contributed by atoms with E-state index in [0.29, 0.717) is 4.83 Å². The second kappa shape index (κ2) is 4.18. The molecule has 0 aromatic heterocycles. The number of rotatable bonds is 3. The van der Waals surface area contributed by atoms with E-state index in [1.807, 2.05) is 0 Å². The van der Waals surface area contributed by atoms with Gasteiger partial charge in [0.25, 0.3) is 0 Å². The first kappa shape index (κ1) is 10.8. The molecule has 3 rings (SSSR count). The molecule has 0 saturated heterocycles. The second-order valence-electron chi connectivity index (χ2n) is 5.70. The molecular weight excluding hydrogens is 260 g/mol. The van der Waals surface area contributed by atoms with Crippen LogP contribution in [0, 0.1) is 24.7 Å². The van der Waals surface area contributed by atoms with Gasteiger partial charge in [-0.25, -0.2) is 0 Å². The Morgan fingerprint density at radius 1 is 1.25 bits per heavy atom. The van der Waals surface area contributed by atoms with E-state index in [-0.39, 0.29) is 0 Å². The first-order valence-electron chi connectivity index (χ1n) is 6.42. The summed E-state index contributed by atoms with van der Waals surface area (Å²) in [5, 5.41) is 0. The molecule has 2 aliphatic carbocycles. The van der Waals surface area contributed by atoms with E-state index < -0.39 is 0 Å². The van der Waals surface area contributed by atoms with Crippen LogP contribution in [-0.4, -0.2) is 4.83 Å². The summed E-state index contributed by atoms with van der Waals surface area (Å²) in [6.07, 6.45) is 5.69. The summed E-state index contributed by atoms with van der Waals surface area (Å²) in [7, 11) is 0. The first-order chi connectivity index (χ1) is 7.72. The highest BCUT2D eigenvalue weighted by molar-refractivity contribution is 9.09. The number of halogens is 1. The Kier molecular flexibility index (Phi) is 2.83. The zero-order chi connectivity index (χ0) is 11.1. The third-order valence-electron chi connectivity index (χ3n) is 4.30. The Morgan fingerprint density at radius 3 is 2.69 bits per heavy atom. The van der Waals surface area contributed by atoms with E-state index in [4.69, 9.17) is 0 Å². The fourth-order valence-electron chi connectivity index (χ4n) is 3.29. The predicted molar refractivity (Wildman–Crippen MR) is 71.9 cm³/mol. The number of benzene rings is 1. The summed E-state index contributed by atoms with van der Waals surface area (Å²) in [5.74, 6) is 3.13.